The van der Waals surface area contributed by atoms with Gasteiger partial charge < -0.3 is 15.4 Å². The van der Waals surface area contributed by atoms with Crippen LogP contribution < -0.4 is 10.6 Å². The van der Waals surface area contributed by atoms with Crippen LogP contribution in [0, 0.1) is 12.3 Å². The molecular weight excluding hydrogens is 326 g/mol. The topological polar surface area (TPSA) is 59.5 Å². The molecule has 6 nitrogen and oxygen atoms in total. The lowest BCUT2D eigenvalue weighted by molar-refractivity contribution is 0.0895. The maximum absolute atomic E-state index is 6.28. The first kappa shape index (κ1) is 19.5. The molecule has 3 rings (SSSR count). The number of nitrogens with two attached hydrogens (primary N) is 1. The molecule has 138 valence electrons. The van der Waals surface area contributed by atoms with Crippen LogP contribution in [0.4, 0.5) is 5.82 Å². The van der Waals surface area contributed by atoms with Crippen molar-refractivity contribution < 1.29 is 4.74 Å². The molecule has 24 heavy (non-hydrogen) atoms. The lowest BCUT2D eigenvalue weighted by Gasteiger charge is -2.43. The van der Waals surface area contributed by atoms with E-state index in [0.717, 1.165) is 58.1 Å². The van der Waals surface area contributed by atoms with Crippen LogP contribution in [-0.2, 0) is 18.3 Å². The van der Waals surface area contributed by atoms with Crippen molar-refractivity contribution in [2.45, 2.75) is 39.8 Å². The zero-order valence-corrected chi connectivity index (χ0v) is 16.2. The Morgan fingerprint density at radius 1 is 1.25 bits per heavy atom. The van der Waals surface area contributed by atoms with Crippen molar-refractivity contribution in [3.8, 4) is 0 Å². The molecular formula is C17H32ClN5O. The number of aromatic nitrogens is 2. The Bertz CT molecular complexity index is 553. The maximum Gasteiger partial charge on any atom is 0.131 e. The average molecular weight is 358 g/mol. The monoisotopic (exact) mass is 357 g/mol. The normalized spacial score (nSPS) is 24.7. The highest BCUT2D eigenvalue weighted by molar-refractivity contribution is 5.85. The minimum absolute atomic E-state index is 0. The zero-order valence-electron chi connectivity index (χ0n) is 15.4. The van der Waals surface area contributed by atoms with Gasteiger partial charge in [-0.1, -0.05) is 13.8 Å². The van der Waals surface area contributed by atoms with E-state index in [9.17, 15) is 0 Å². The van der Waals surface area contributed by atoms with E-state index in [0.29, 0.717) is 6.04 Å². The summed E-state index contributed by atoms with van der Waals surface area (Å²) in [6.07, 6.45) is 1.07. The number of halogens is 1. The standard InChI is InChI=1S/C17H31N5O.ClH/c1-13-14(11-21-6-5-15(18)17(2,3)12-21)16(20(4)19-13)22-7-9-23-10-8-22;/h15H,5-12,18H2,1-4H3;1H. The second-order valence-electron chi connectivity index (χ2n) is 7.71. The summed E-state index contributed by atoms with van der Waals surface area (Å²) >= 11 is 0. The summed E-state index contributed by atoms with van der Waals surface area (Å²) in [5.41, 5.74) is 8.96. The Hall–Kier alpha value is -0.820. The Labute approximate surface area is 151 Å². The summed E-state index contributed by atoms with van der Waals surface area (Å²) in [5.74, 6) is 1.26. The van der Waals surface area contributed by atoms with Crippen molar-refractivity contribution in [1.82, 2.24) is 14.7 Å². The van der Waals surface area contributed by atoms with Gasteiger partial charge in [-0.2, -0.15) is 5.10 Å². The Balaban J connectivity index is 0.00000208. The van der Waals surface area contributed by atoms with E-state index in [4.69, 9.17) is 10.5 Å². The van der Waals surface area contributed by atoms with Gasteiger partial charge in [0.25, 0.3) is 0 Å². The highest BCUT2D eigenvalue weighted by Crippen LogP contribution is 2.31. The van der Waals surface area contributed by atoms with Gasteiger partial charge in [0, 0.05) is 51.4 Å². The zero-order chi connectivity index (χ0) is 16.6. The number of morpholine rings is 1. The molecule has 1 aromatic rings. The number of anilines is 1. The minimum Gasteiger partial charge on any atom is -0.378 e. The van der Waals surface area contributed by atoms with Gasteiger partial charge in [0.05, 0.1) is 18.9 Å². The summed E-state index contributed by atoms with van der Waals surface area (Å²) in [6.45, 7) is 13.3. The number of ether oxygens (including phenoxy) is 1. The predicted molar refractivity (Wildman–Crippen MR) is 99.9 cm³/mol. The van der Waals surface area contributed by atoms with E-state index in [1.807, 2.05) is 4.68 Å². The van der Waals surface area contributed by atoms with Crippen LogP contribution in [0.3, 0.4) is 0 Å². The molecule has 2 aliphatic rings. The van der Waals surface area contributed by atoms with Gasteiger partial charge in [-0.3, -0.25) is 9.58 Å². The van der Waals surface area contributed by atoms with Crippen molar-refractivity contribution in [3.05, 3.63) is 11.3 Å². The molecule has 2 N–H and O–H groups in total. The predicted octanol–water partition coefficient (Wildman–Crippen LogP) is 1.55. The molecule has 7 heteroatoms. The fourth-order valence-electron chi connectivity index (χ4n) is 3.89. The number of hydrogen-bond donors (Lipinski definition) is 1. The van der Waals surface area contributed by atoms with E-state index < -0.39 is 0 Å². The second kappa shape index (κ2) is 7.60. The van der Waals surface area contributed by atoms with Gasteiger partial charge in [-0.25, -0.2) is 0 Å². The van der Waals surface area contributed by atoms with Gasteiger partial charge in [0.1, 0.15) is 5.82 Å². The van der Waals surface area contributed by atoms with Gasteiger partial charge in [-0.05, 0) is 18.8 Å². The molecule has 2 aliphatic heterocycles. The van der Waals surface area contributed by atoms with Crippen LogP contribution >= 0.6 is 12.4 Å². The minimum atomic E-state index is 0. The van der Waals surface area contributed by atoms with Gasteiger partial charge >= 0.3 is 0 Å². The summed E-state index contributed by atoms with van der Waals surface area (Å²) in [4.78, 5) is 4.96. The van der Waals surface area contributed by atoms with Crippen molar-refractivity contribution >= 4 is 18.2 Å². The maximum atomic E-state index is 6.28. The number of piperidine rings is 1. The Kier molecular flexibility index (Phi) is 6.18. The largest absolute Gasteiger partial charge is 0.378 e. The van der Waals surface area contributed by atoms with Gasteiger partial charge in [0.15, 0.2) is 0 Å². The smallest absolute Gasteiger partial charge is 0.131 e. The summed E-state index contributed by atoms with van der Waals surface area (Å²) < 4.78 is 7.54. The second-order valence-corrected chi connectivity index (χ2v) is 7.71. The quantitative estimate of drug-likeness (QED) is 0.889. The lowest BCUT2D eigenvalue weighted by Crippen LogP contribution is -2.52. The highest BCUT2D eigenvalue weighted by atomic mass is 35.5. The highest BCUT2D eigenvalue weighted by Gasteiger charge is 2.34. The SMILES string of the molecule is Cc1nn(C)c(N2CCOCC2)c1CN1CCC(N)C(C)(C)C1.Cl. The van der Waals surface area contributed by atoms with Crippen molar-refractivity contribution in [1.29, 1.82) is 0 Å². The number of nitrogens with zero attached hydrogens (tertiary/aromatic N) is 4. The van der Waals surface area contributed by atoms with Crippen LogP contribution in [-0.4, -0.2) is 60.1 Å². The summed E-state index contributed by atoms with van der Waals surface area (Å²) in [5, 5.41) is 4.69. The molecule has 2 saturated heterocycles. The van der Waals surface area contributed by atoms with Crippen molar-refractivity contribution in [2.75, 3.05) is 44.3 Å². The summed E-state index contributed by atoms with van der Waals surface area (Å²) in [6, 6.07) is 0.299. The molecule has 0 bridgehead atoms. The molecule has 3 heterocycles. The van der Waals surface area contributed by atoms with E-state index in [2.05, 4.69) is 42.7 Å². The van der Waals surface area contributed by atoms with E-state index in [-0.39, 0.29) is 17.8 Å². The van der Waals surface area contributed by atoms with E-state index in [1.54, 1.807) is 0 Å². The fraction of sp³-hybridized carbons (Fsp3) is 0.824. The molecule has 0 aromatic carbocycles. The first-order valence-corrected chi connectivity index (χ1v) is 8.71. The van der Waals surface area contributed by atoms with Crippen LogP contribution in [0.5, 0.6) is 0 Å². The number of rotatable bonds is 3. The fourth-order valence-corrected chi connectivity index (χ4v) is 3.89. The lowest BCUT2D eigenvalue weighted by atomic mass is 9.79. The number of likely N-dealkylation sites (tertiary alicyclic amines) is 1. The molecule has 2 fully saturated rings. The van der Waals surface area contributed by atoms with E-state index >= 15 is 0 Å². The van der Waals surface area contributed by atoms with Crippen LogP contribution in [0.2, 0.25) is 0 Å². The average Bonchev–Trinajstić information content (AvgIpc) is 2.78. The van der Waals surface area contributed by atoms with Crippen LogP contribution in [0.1, 0.15) is 31.5 Å². The van der Waals surface area contributed by atoms with Crippen molar-refractivity contribution in [2.24, 2.45) is 18.2 Å². The molecule has 0 aliphatic carbocycles. The molecule has 0 amide bonds. The Morgan fingerprint density at radius 3 is 2.54 bits per heavy atom. The first-order chi connectivity index (χ1) is 10.9. The van der Waals surface area contributed by atoms with Crippen LogP contribution in [0.25, 0.3) is 0 Å². The number of hydrogen-bond acceptors (Lipinski definition) is 5. The van der Waals surface area contributed by atoms with Crippen molar-refractivity contribution in [3.63, 3.8) is 0 Å². The van der Waals surface area contributed by atoms with Crippen LogP contribution in [0.15, 0.2) is 0 Å². The Morgan fingerprint density at radius 2 is 1.92 bits per heavy atom. The molecule has 1 atom stereocenters. The third-order valence-corrected chi connectivity index (χ3v) is 5.40. The van der Waals surface area contributed by atoms with Gasteiger partial charge in [-0.15, -0.1) is 12.4 Å². The third kappa shape index (κ3) is 3.87. The molecule has 1 aromatic heterocycles. The number of aryl methyl sites for hydroxylation is 2. The van der Waals surface area contributed by atoms with Gasteiger partial charge in [0.2, 0.25) is 0 Å². The van der Waals surface area contributed by atoms with E-state index in [1.165, 1.54) is 11.4 Å². The third-order valence-electron chi connectivity index (χ3n) is 5.40. The molecule has 0 spiro atoms. The molecule has 1 unspecified atom stereocenters. The molecule has 0 saturated carbocycles. The summed E-state index contributed by atoms with van der Waals surface area (Å²) in [7, 11) is 2.05. The molecule has 0 radical (unpaired) electrons. The first-order valence-electron chi connectivity index (χ1n) is 8.71.